The highest BCUT2D eigenvalue weighted by Gasteiger charge is 2.35. The number of piperidine rings is 1. The largest absolute Gasteiger partial charge is 0.373 e. The Morgan fingerprint density at radius 3 is 3.00 bits per heavy atom. The summed E-state index contributed by atoms with van der Waals surface area (Å²) < 4.78 is 21.7. The summed E-state index contributed by atoms with van der Waals surface area (Å²) >= 11 is 0. The van der Waals surface area contributed by atoms with Crippen molar-refractivity contribution < 1.29 is 13.9 Å². The number of aromatic nitrogens is 2. The van der Waals surface area contributed by atoms with E-state index in [4.69, 9.17) is 4.74 Å². The third-order valence-electron chi connectivity index (χ3n) is 6.54. The number of hydrogen-bond donors (Lipinski definition) is 1. The molecular weight excluding hydrogens is 407 g/mol. The van der Waals surface area contributed by atoms with Gasteiger partial charge in [0.25, 0.3) is 5.91 Å². The Kier molecular flexibility index (Phi) is 5.76. The van der Waals surface area contributed by atoms with Crippen molar-refractivity contribution in [2.45, 2.75) is 31.5 Å². The molecule has 6 nitrogen and oxygen atoms in total. The Labute approximate surface area is 187 Å². The van der Waals surface area contributed by atoms with Crippen LogP contribution in [0, 0.1) is 5.82 Å². The molecule has 1 aromatic heterocycles. The van der Waals surface area contributed by atoms with Crippen LogP contribution in [0.15, 0.2) is 61.1 Å². The summed E-state index contributed by atoms with van der Waals surface area (Å²) in [6.45, 7) is 4.85. The molecule has 0 bridgehead atoms. The zero-order chi connectivity index (χ0) is 22.1. The third kappa shape index (κ3) is 3.94. The number of halogens is 1. The second-order valence-electron chi connectivity index (χ2n) is 8.47. The fourth-order valence-electron chi connectivity index (χ4n) is 4.83. The second kappa shape index (κ2) is 8.84. The predicted molar refractivity (Wildman–Crippen MR) is 120 cm³/mol. The summed E-state index contributed by atoms with van der Waals surface area (Å²) in [5, 5.41) is 3.48. The molecule has 3 atom stereocenters. The van der Waals surface area contributed by atoms with Crippen molar-refractivity contribution in [1.29, 1.82) is 0 Å². The van der Waals surface area contributed by atoms with Gasteiger partial charge in [-0.2, -0.15) is 0 Å². The van der Waals surface area contributed by atoms with Gasteiger partial charge < -0.3 is 19.5 Å². The number of benzene rings is 2. The quantitative estimate of drug-likeness (QED) is 0.683. The summed E-state index contributed by atoms with van der Waals surface area (Å²) in [6.07, 6.45) is 4.24. The molecule has 7 heteroatoms. The van der Waals surface area contributed by atoms with E-state index >= 15 is 0 Å². The molecule has 3 aromatic rings. The molecule has 1 unspecified atom stereocenters. The van der Waals surface area contributed by atoms with Crippen LogP contribution in [0.4, 0.5) is 4.39 Å². The van der Waals surface area contributed by atoms with Crippen LogP contribution in [0.5, 0.6) is 0 Å². The molecule has 2 aliphatic heterocycles. The number of hydrogen-bond acceptors (Lipinski definition) is 4. The number of carbonyl (C=O) groups excluding carboxylic acids is 1. The fourth-order valence-corrected chi connectivity index (χ4v) is 4.83. The number of rotatable bonds is 4. The van der Waals surface area contributed by atoms with Crippen molar-refractivity contribution in [3.63, 3.8) is 0 Å². The number of amides is 1. The molecular formula is C25H27FN4O2. The van der Waals surface area contributed by atoms with E-state index in [1.165, 1.54) is 12.1 Å². The topological polar surface area (TPSA) is 59.4 Å². The van der Waals surface area contributed by atoms with Crippen LogP contribution in [-0.4, -0.2) is 58.7 Å². The Morgan fingerprint density at radius 2 is 2.12 bits per heavy atom. The minimum atomic E-state index is -0.272. The zero-order valence-corrected chi connectivity index (χ0v) is 18.1. The highest BCUT2D eigenvalue weighted by atomic mass is 19.1. The zero-order valence-electron chi connectivity index (χ0n) is 18.1. The summed E-state index contributed by atoms with van der Waals surface area (Å²) in [4.78, 5) is 19.6. The minimum absolute atomic E-state index is 0.0314. The standard InChI is InChI=1S/C25H27FN4O2/c1-17(20-7-2-3-8-21(20)18-5-4-6-19(26)13-18)30-16-27-14-23(30)25(31)29-11-9-22-24(15-29)32-12-10-28-22/h2-8,13-14,16-17,22,24,28H,9-12,15H2,1H3/t17-,22?,24+/m0/s1. The van der Waals surface area contributed by atoms with Gasteiger partial charge in [0.15, 0.2) is 0 Å². The first kappa shape index (κ1) is 20.8. The van der Waals surface area contributed by atoms with Gasteiger partial charge >= 0.3 is 0 Å². The van der Waals surface area contributed by atoms with Crippen LogP contribution in [0.2, 0.25) is 0 Å². The third-order valence-corrected chi connectivity index (χ3v) is 6.54. The van der Waals surface area contributed by atoms with Crippen molar-refractivity contribution in [3.05, 3.63) is 78.1 Å². The first-order valence-electron chi connectivity index (χ1n) is 11.1. The van der Waals surface area contributed by atoms with Gasteiger partial charge in [-0.3, -0.25) is 4.79 Å². The van der Waals surface area contributed by atoms with Gasteiger partial charge in [-0.05, 0) is 42.2 Å². The van der Waals surface area contributed by atoms with E-state index in [1.807, 2.05) is 46.7 Å². The van der Waals surface area contributed by atoms with E-state index in [9.17, 15) is 9.18 Å². The lowest BCUT2D eigenvalue weighted by Gasteiger charge is -2.41. The summed E-state index contributed by atoms with van der Waals surface area (Å²) in [5.41, 5.74) is 3.30. The van der Waals surface area contributed by atoms with Crippen LogP contribution in [-0.2, 0) is 4.74 Å². The van der Waals surface area contributed by atoms with E-state index in [0.29, 0.717) is 31.4 Å². The van der Waals surface area contributed by atoms with Gasteiger partial charge in [0.05, 0.1) is 31.3 Å². The van der Waals surface area contributed by atoms with Crippen LogP contribution < -0.4 is 5.32 Å². The SMILES string of the molecule is C[C@@H](c1ccccc1-c1cccc(F)c1)n1cncc1C(=O)N1CCC2NCCO[C@@H]2C1. The molecule has 2 saturated heterocycles. The maximum Gasteiger partial charge on any atom is 0.272 e. The number of nitrogens with one attached hydrogen (secondary N) is 1. The molecule has 1 N–H and O–H groups in total. The maximum atomic E-state index is 13.9. The van der Waals surface area contributed by atoms with Gasteiger partial charge in [-0.25, -0.2) is 9.37 Å². The number of nitrogens with zero attached hydrogens (tertiary/aromatic N) is 3. The number of likely N-dealkylation sites (tertiary alicyclic amines) is 1. The molecule has 0 saturated carbocycles. The number of imidazole rings is 1. The van der Waals surface area contributed by atoms with Gasteiger partial charge in [-0.1, -0.05) is 36.4 Å². The Balaban J connectivity index is 1.42. The summed E-state index contributed by atoms with van der Waals surface area (Å²) in [7, 11) is 0. The first-order chi connectivity index (χ1) is 15.6. The monoisotopic (exact) mass is 434 g/mol. The lowest BCUT2D eigenvalue weighted by atomic mass is 9.95. The van der Waals surface area contributed by atoms with Crippen molar-refractivity contribution in [1.82, 2.24) is 19.8 Å². The normalized spacial score (nSPS) is 21.8. The van der Waals surface area contributed by atoms with E-state index in [1.54, 1.807) is 18.6 Å². The van der Waals surface area contributed by atoms with Crippen molar-refractivity contribution in [2.24, 2.45) is 0 Å². The average Bonchev–Trinajstić information content (AvgIpc) is 3.33. The Bertz CT molecular complexity index is 1110. The smallest absolute Gasteiger partial charge is 0.272 e. The number of ether oxygens (including phenoxy) is 1. The van der Waals surface area contributed by atoms with Crippen LogP contribution in [0.1, 0.15) is 35.4 Å². The van der Waals surface area contributed by atoms with Crippen LogP contribution >= 0.6 is 0 Å². The van der Waals surface area contributed by atoms with Gasteiger partial charge in [-0.15, -0.1) is 0 Å². The summed E-state index contributed by atoms with van der Waals surface area (Å²) in [6, 6.07) is 14.7. The molecule has 2 aromatic carbocycles. The van der Waals surface area contributed by atoms with Crippen molar-refractivity contribution in [2.75, 3.05) is 26.2 Å². The maximum absolute atomic E-state index is 13.9. The van der Waals surface area contributed by atoms with E-state index in [0.717, 1.165) is 29.7 Å². The summed E-state index contributed by atoms with van der Waals surface area (Å²) in [5.74, 6) is -0.309. The predicted octanol–water partition coefficient (Wildman–Crippen LogP) is 3.50. The molecule has 0 radical (unpaired) electrons. The molecule has 2 aliphatic rings. The lowest BCUT2D eigenvalue weighted by Crippen LogP contribution is -2.58. The minimum Gasteiger partial charge on any atom is -0.373 e. The number of morpholine rings is 1. The molecule has 0 aliphatic carbocycles. The highest BCUT2D eigenvalue weighted by molar-refractivity contribution is 5.92. The molecule has 1 amide bonds. The molecule has 2 fully saturated rings. The highest BCUT2D eigenvalue weighted by Crippen LogP contribution is 2.31. The van der Waals surface area contributed by atoms with E-state index in [2.05, 4.69) is 10.3 Å². The van der Waals surface area contributed by atoms with Crippen LogP contribution in [0.25, 0.3) is 11.1 Å². The average molecular weight is 435 g/mol. The van der Waals surface area contributed by atoms with Crippen molar-refractivity contribution >= 4 is 5.91 Å². The second-order valence-corrected chi connectivity index (χ2v) is 8.47. The van der Waals surface area contributed by atoms with Gasteiger partial charge in [0.1, 0.15) is 11.5 Å². The van der Waals surface area contributed by atoms with Crippen molar-refractivity contribution in [3.8, 4) is 11.1 Å². The Hall–Kier alpha value is -3.03. The molecule has 32 heavy (non-hydrogen) atoms. The molecule has 166 valence electrons. The van der Waals surface area contributed by atoms with Gasteiger partial charge in [0, 0.05) is 25.7 Å². The lowest BCUT2D eigenvalue weighted by molar-refractivity contribution is -0.0417. The first-order valence-corrected chi connectivity index (χ1v) is 11.1. The van der Waals surface area contributed by atoms with Crippen LogP contribution in [0.3, 0.4) is 0 Å². The van der Waals surface area contributed by atoms with Gasteiger partial charge in [0.2, 0.25) is 0 Å². The number of fused-ring (bicyclic) bond motifs is 1. The van der Waals surface area contributed by atoms with E-state index in [-0.39, 0.29) is 23.9 Å². The molecule has 0 spiro atoms. The molecule has 3 heterocycles. The van der Waals surface area contributed by atoms with E-state index < -0.39 is 0 Å². The fraction of sp³-hybridized carbons (Fsp3) is 0.360. The Morgan fingerprint density at radius 1 is 1.25 bits per heavy atom. The number of carbonyl (C=O) groups is 1. The molecule has 5 rings (SSSR count).